The van der Waals surface area contributed by atoms with Crippen molar-refractivity contribution >= 4 is 18.9 Å². The zero-order chi connectivity index (χ0) is 11.9. The van der Waals surface area contributed by atoms with E-state index in [1.807, 2.05) is 0 Å². The quantitative estimate of drug-likeness (QED) is 0.514. The zero-order valence-corrected chi connectivity index (χ0v) is 8.67. The molecule has 0 atom stereocenters. The van der Waals surface area contributed by atoms with E-state index >= 15 is 0 Å². The van der Waals surface area contributed by atoms with Gasteiger partial charge in [-0.15, -0.1) is 0 Å². The van der Waals surface area contributed by atoms with Gasteiger partial charge in [0.1, 0.15) is 0 Å². The number of benzene rings is 1. The molecule has 6 heteroatoms. The lowest BCUT2D eigenvalue weighted by Gasteiger charge is -2.00. The molecule has 0 aliphatic heterocycles. The van der Waals surface area contributed by atoms with E-state index in [0.717, 1.165) is 6.08 Å². The number of aliphatic carboxylic acids is 1. The molecule has 82 valence electrons. The maximum absolute atomic E-state index is 10.5. The van der Waals surface area contributed by atoms with Gasteiger partial charge in [-0.05, 0) is 12.1 Å². The highest BCUT2D eigenvalue weighted by molar-refractivity contribution is 7.60. The van der Waals surface area contributed by atoms with Crippen molar-refractivity contribution in [1.29, 1.82) is 0 Å². The summed E-state index contributed by atoms with van der Waals surface area (Å²) in [6.45, 7) is 2.96. The van der Waals surface area contributed by atoms with Gasteiger partial charge < -0.3 is 14.9 Å². The van der Waals surface area contributed by atoms with Crippen LogP contribution in [0.5, 0.6) is 0 Å². The summed E-state index contributed by atoms with van der Waals surface area (Å²) in [7, 11) is -4.02. The summed E-state index contributed by atoms with van der Waals surface area (Å²) in [5, 5.41) is 7.67. The van der Waals surface area contributed by atoms with Crippen molar-refractivity contribution in [2.24, 2.45) is 0 Å². The van der Waals surface area contributed by atoms with E-state index in [1.54, 1.807) is 18.2 Å². The lowest BCUT2D eigenvalue weighted by atomic mass is 10.4. The molecule has 1 aromatic rings. The Morgan fingerprint density at radius 2 is 1.67 bits per heavy atom. The van der Waals surface area contributed by atoms with E-state index in [0.29, 0.717) is 0 Å². The number of carboxylic acid groups (broad SMARTS) is 1. The average molecular weight is 230 g/mol. The summed E-state index contributed by atoms with van der Waals surface area (Å²) in [5.41, 5.74) is 0. The molecule has 15 heavy (non-hydrogen) atoms. The minimum Gasteiger partial charge on any atom is -0.478 e. The monoisotopic (exact) mass is 230 g/mol. The van der Waals surface area contributed by atoms with Gasteiger partial charge in [0.25, 0.3) is 0 Å². The molecule has 0 spiro atoms. The van der Waals surface area contributed by atoms with Crippen LogP contribution in [-0.4, -0.2) is 20.9 Å². The van der Waals surface area contributed by atoms with Crippen molar-refractivity contribution in [1.82, 2.24) is 0 Å². The maximum Gasteiger partial charge on any atom is 0.356 e. The lowest BCUT2D eigenvalue weighted by molar-refractivity contribution is -0.131. The molecular formula is C9H11O5P. The molecule has 0 heterocycles. The third-order valence-electron chi connectivity index (χ3n) is 1.27. The number of rotatable bonds is 2. The first-order valence-corrected chi connectivity index (χ1v) is 5.45. The van der Waals surface area contributed by atoms with Gasteiger partial charge in [-0.2, -0.15) is 0 Å². The molecule has 1 aromatic carbocycles. The summed E-state index contributed by atoms with van der Waals surface area (Å²) >= 11 is 0. The highest BCUT2D eigenvalue weighted by atomic mass is 31.2. The maximum atomic E-state index is 10.5. The van der Waals surface area contributed by atoms with Gasteiger partial charge in [-0.3, -0.25) is 4.57 Å². The van der Waals surface area contributed by atoms with Gasteiger partial charge in [0.05, 0.1) is 5.30 Å². The van der Waals surface area contributed by atoms with E-state index in [1.165, 1.54) is 12.1 Å². The van der Waals surface area contributed by atoms with Crippen LogP contribution in [0.3, 0.4) is 0 Å². The molecule has 1 rings (SSSR count). The first-order valence-electron chi connectivity index (χ1n) is 3.84. The first-order chi connectivity index (χ1) is 6.88. The SMILES string of the molecule is C=CC(=O)O.O=P(O)(O)c1ccccc1. The van der Waals surface area contributed by atoms with Crippen LogP contribution in [0.25, 0.3) is 0 Å². The first kappa shape index (κ1) is 13.6. The molecule has 0 bridgehead atoms. The van der Waals surface area contributed by atoms with E-state index in [9.17, 15) is 9.36 Å². The van der Waals surface area contributed by atoms with E-state index in [-0.39, 0.29) is 5.30 Å². The fourth-order valence-corrected chi connectivity index (χ4v) is 1.18. The van der Waals surface area contributed by atoms with Crippen LogP contribution in [0, 0.1) is 0 Å². The molecule has 0 unspecified atom stereocenters. The number of hydrogen-bond acceptors (Lipinski definition) is 2. The number of hydrogen-bond donors (Lipinski definition) is 3. The van der Waals surface area contributed by atoms with Crippen LogP contribution in [0.2, 0.25) is 0 Å². The molecule has 0 amide bonds. The Morgan fingerprint density at radius 3 is 1.87 bits per heavy atom. The summed E-state index contributed by atoms with van der Waals surface area (Å²) in [4.78, 5) is 26.5. The lowest BCUT2D eigenvalue weighted by Crippen LogP contribution is -2.01. The third kappa shape index (κ3) is 6.62. The molecular weight excluding hydrogens is 219 g/mol. The van der Waals surface area contributed by atoms with Gasteiger partial charge in [-0.25, -0.2) is 4.79 Å². The molecule has 0 fully saturated rings. The Bertz CT molecular complexity index is 367. The van der Waals surface area contributed by atoms with Gasteiger partial charge >= 0.3 is 13.6 Å². The smallest absolute Gasteiger partial charge is 0.356 e. The molecule has 3 N–H and O–H groups in total. The van der Waals surface area contributed by atoms with Gasteiger partial charge in [0.15, 0.2) is 0 Å². The van der Waals surface area contributed by atoms with E-state index < -0.39 is 13.6 Å². The third-order valence-corrected chi connectivity index (χ3v) is 2.24. The van der Waals surface area contributed by atoms with Crippen LogP contribution in [0.4, 0.5) is 0 Å². The van der Waals surface area contributed by atoms with Gasteiger partial charge in [0, 0.05) is 6.08 Å². The number of carboxylic acids is 1. The normalized spacial score (nSPS) is 9.73. The summed E-state index contributed by atoms with van der Waals surface area (Å²) in [6, 6.07) is 7.70. The Labute approximate surface area is 86.8 Å². The van der Waals surface area contributed by atoms with Gasteiger partial charge in [-0.1, -0.05) is 24.8 Å². The minimum atomic E-state index is -4.02. The average Bonchev–Trinajstić information content (AvgIpc) is 2.19. The van der Waals surface area contributed by atoms with Crippen LogP contribution >= 0.6 is 7.60 Å². The highest BCUT2D eigenvalue weighted by Crippen LogP contribution is 2.32. The minimum absolute atomic E-state index is 0.0648. The summed E-state index contributed by atoms with van der Waals surface area (Å²) in [5.74, 6) is -0.981. The molecule has 0 saturated heterocycles. The van der Waals surface area contributed by atoms with E-state index in [4.69, 9.17) is 14.9 Å². The summed E-state index contributed by atoms with van der Waals surface area (Å²) in [6.07, 6.45) is 0.833. The topological polar surface area (TPSA) is 94.8 Å². The molecule has 0 aliphatic carbocycles. The Kier molecular flexibility index (Phi) is 5.56. The predicted octanol–water partition coefficient (Wildman–Crippen LogP) is 0.747. The molecule has 0 radical (unpaired) electrons. The standard InChI is InChI=1S/C6H7O3P.C3H4O2/c7-10(8,9)6-4-2-1-3-5-6;1-2-3(4)5/h1-5H,(H2,7,8,9);2H,1H2,(H,4,5). The molecule has 0 aliphatic rings. The zero-order valence-electron chi connectivity index (χ0n) is 7.78. The van der Waals surface area contributed by atoms with Crippen molar-refractivity contribution in [2.45, 2.75) is 0 Å². The van der Waals surface area contributed by atoms with Crippen LogP contribution in [-0.2, 0) is 9.36 Å². The molecule has 0 saturated carbocycles. The Morgan fingerprint density at radius 1 is 1.27 bits per heavy atom. The second-order valence-electron chi connectivity index (χ2n) is 2.42. The van der Waals surface area contributed by atoms with Gasteiger partial charge in [0.2, 0.25) is 0 Å². The van der Waals surface area contributed by atoms with Crippen molar-refractivity contribution in [3.05, 3.63) is 43.0 Å². The Balaban J connectivity index is 0.000000336. The number of carbonyl (C=O) groups is 1. The fraction of sp³-hybridized carbons (Fsp3) is 0. The Hall–Kier alpha value is -1.42. The second-order valence-corrected chi connectivity index (χ2v) is 4.03. The molecule has 5 nitrogen and oxygen atoms in total. The summed E-state index contributed by atoms with van der Waals surface area (Å²) < 4.78 is 10.5. The fourth-order valence-electron chi connectivity index (χ4n) is 0.622. The highest BCUT2D eigenvalue weighted by Gasteiger charge is 2.14. The predicted molar refractivity (Wildman–Crippen MR) is 56.0 cm³/mol. The van der Waals surface area contributed by atoms with Crippen molar-refractivity contribution in [2.75, 3.05) is 0 Å². The van der Waals surface area contributed by atoms with Crippen molar-refractivity contribution < 1.29 is 24.3 Å². The second kappa shape index (κ2) is 6.14. The molecule has 0 aromatic heterocycles. The van der Waals surface area contributed by atoms with Crippen LogP contribution < -0.4 is 5.30 Å². The largest absolute Gasteiger partial charge is 0.478 e. The van der Waals surface area contributed by atoms with Crippen molar-refractivity contribution in [3.8, 4) is 0 Å². The van der Waals surface area contributed by atoms with Crippen LogP contribution in [0.15, 0.2) is 43.0 Å². The van der Waals surface area contributed by atoms with Crippen molar-refractivity contribution in [3.63, 3.8) is 0 Å². The van der Waals surface area contributed by atoms with Crippen LogP contribution in [0.1, 0.15) is 0 Å². The van der Waals surface area contributed by atoms with E-state index in [2.05, 4.69) is 6.58 Å².